The Hall–Kier alpha value is -0.910. The monoisotopic (exact) mass is 280 g/mol. The van der Waals surface area contributed by atoms with Crippen molar-refractivity contribution in [3.8, 4) is 0 Å². The van der Waals surface area contributed by atoms with Crippen LogP contribution < -0.4 is 0 Å². The van der Waals surface area contributed by atoms with Crippen molar-refractivity contribution in [3.05, 3.63) is 18.2 Å². The molecule has 0 radical (unpaired) electrons. The van der Waals surface area contributed by atoms with Crippen molar-refractivity contribution in [2.45, 2.75) is 39.0 Å². The van der Waals surface area contributed by atoms with E-state index in [2.05, 4.69) is 46.6 Å². The summed E-state index contributed by atoms with van der Waals surface area (Å²) in [5.41, 5.74) is 0. The Morgan fingerprint density at radius 2 is 2.10 bits per heavy atom. The maximum absolute atomic E-state index is 5.93. The molecule has 20 heavy (non-hydrogen) atoms. The van der Waals surface area contributed by atoms with Crippen LogP contribution in [0.5, 0.6) is 0 Å². The van der Waals surface area contributed by atoms with Gasteiger partial charge in [0.05, 0.1) is 19.3 Å². The van der Waals surface area contributed by atoms with E-state index in [1.165, 1.54) is 5.82 Å². The van der Waals surface area contributed by atoms with Crippen molar-refractivity contribution in [2.24, 2.45) is 0 Å². The summed E-state index contributed by atoms with van der Waals surface area (Å²) in [6.07, 6.45) is 6.68. The molecule has 5 nitrogen and oxygen atoms in total. The van der Waals surface area contributed by atoms with Gasteiger partial charge in [-0.3, -0.25) is 4.90 Å². The highest BCUT2D eigenvalue weighted by atomic mass is 16.5. The molecule has 1 aliphatic heterocycles. The molecule has 1 saturated heterocycles. The number of piperidine rings is 1. The molecule has 1 aromatic rings. The summed E-state index contributed by atoms with van der Waals surface area (Å²) < 4.78 is 8.15. The molecule has 0 aliphatic carbocycles. The first-order chi connectivity index (χ1) is 9.69. The summed E-state index contributed by atoms with van der Waals surface area (Å²) in [7, 11) is 4.17. The van der Waals surface area contributed by atoms with Gasteiger partial charge < -0.3 is 14.2 Å². The zero-order valence-electron chi connectivity index (χ0n) is 13.1. The maximum Gasteiger partial charge on any atom is 0.122 e. The van der Waals surface area contributed by atoms with Gasteiger partial charge in [-0.15, -0.1) is 0 Å². The second-order valence-corrected chi connectivity index (χ2v) is 5.78. The molecule has 0 atom stereocenters. The Balaban J connectivity index is 1.69. The minimum atomic E-state index is 0.442. The van der Waals surface area contributed by atoms with E-state index >= 15 is 0 Å². The third-order valence-corrected chi connectivity index (χ3v) is 3.93. The number of nitrogens with zero attached hydrogens (tertiary/aromatic N) is 4. The summed E-state index contributed by atoms with van der Waals surface area (Å²) in [6.45, 7) is 8.21. The predicted molar refractivity (Wildman–Crippen MR) is 80.7 cm³/mol. The topological polar surface area (TPSA) is 33.5 Å². The fraction of sp³-hybridized carbons (Fsp3) is 0.800. The largest absolute Gasteiger partial charge is 0.377 e. The molecule has 0 N–H and O–H groups in total. The van der Waals surface area contributed by atoms with Gasteiger partial charge in [0.1, 0.15) is 5.82 Å². The van der Waals surface area contributed by atoms with Crippen molar-refractivity contribution >= 4 is 0 Å². The van der Waals surface area contributed by atoms with Crippen molar-refractivity contribution in [1.29, 1.82) is 0 Å². The third kappa shape index (κ3) is 4.58. The summed E-state index contributed by atoms with van der Waals surface area (Å²) in [4.78, 5) is 9.11. The Morgan fingerprint density at radius 3 is 2.75 bits per heavy atom. The van der Waals surface area contributed by atoms with Crippen molar-refractivity contribution < 1.29 is 4.74 Å². The van der Waals surface area contributed by atoms with Crippen LogP contribution in [0.3, 0.4) is 0 Å². The quantitative estimate of drug-likeness (QED) is 0.757. The van der Waals surface area contributed by atoms with Gasteiger partial charge in [0.2, 0.25) is 0 Å². The zero-order chi connectivity index (χ0) is 14.4. The number of aromatic nitrogens is 2. The predicted octanol–water partition coefficient (Wildman–Crippen LogP) is 1.45. The van der Waals surface area contributed by atoms with Gasteiger partial charge in [0, 0.05) is 38.6 Å². The van der Waals surface area contributed by atoms with Crippen molar-refractivity contribution in [2.75, 3.05) is 40.3 Å². The average molecular weight is 280 g/mol. The zero-order valence-corrected chi connectivity index (χ0v) is 13.1. The highest BCUT2D eigenvalue weighted by Crippen LogP contribution is 2.15. The fourth-order valence-corrected chi connectivity index (χ4v) is 2.62. The lowest BCUT2D eigenvalue weighted by molar-refractivity contribution is 0.000182. The van der Waals surface area contributed by atoms with Gasteiger partial charge in [-0.2, -0.15) is 0 Å². The Bertz CT molecular complexity index is 383. The Morgan fingerprint density at radius 1 is 1.35 bits per heavy atom. The van der Waals surface area contributed by atoms with Crippen molar-refractivity contribution in [3.63, 3.8) is 0 Å². The number of imidazole rings is 1. The molecular formula is C15H28N4O. The summed E-state index contributed by atoms with van der Waals surface area (Å²) in [6, 6.07) is 0. The molecule has 1 fully saturated rings. The van der Waals surface area contributed by atoms with Gasteiger partial charge in [-0.1, -0.05) is 0 Å². The minimum Gasteiger partial charge on any atom is -0.377 e. The highest BCUT2D eigenvalue weighted by Gasteiger charge is 2.20. The van der Waals surface area contributed by atoms with Gasteiger partial charge in [-0.25, -0.2) is 4.98 Å². The van der Waals surface area contributed by atoms with E-state index in [0.717, 1.165) is 52.2 Å². The minimum absolute atomic E-state index is 0.442. The van der Waals surface area contributed by atoms with E-state index in [4.69, 9.17) is 4.74 Å². The van der Waals surface area contributed by atoms with Gasteiger partial charge in [0.25, 0.3) is 0 Å². The fourth-order valence-electron chi connectivity index (χ4n) is 2.62. The molecule has 0 bridgehead atoms. The lowest BCUT2D eigenvalue weighted by Crippen LogP contribution is -2.37. The van der Waals surface area contributed by atoms with Gasteiger partial charge in [-0.05, 0) is 33.9 Å². The number of hydrogen-bond acceptors (Lipinski definition) is 4. The van der Waals surface area contributed by atoms with E-state index in [9.17, 15) is 0 Å². The molecule has 0 unspecified atom stereocenters. The summed E-state index contributed by atoms with van der Waals surface area (Å²) in [5, 5.41) is 0. The van der Waals surface area contributed by atoms with Crippen LogP contribution in [0.4, 0.5) is 0 Å². The van der Waals surface area contributed by atoms with Gasteiger partial charge >= 0.3 is 0 Å². The normalized spacial score (nSPS) is 18.0. The highest BCUT2D eigenvalue weighted by molar-refractivity contribution is 4.92. The van der Waals surface area contributed by atoms with Crippen LogP contribution in [0, 0.1) is 0 Å². The number of hydrogen-bond donors (Lipinski definition) is 0. The SMILES string of the molecule is CCn1ccnc1CN1CCC(OCCN(C)C)CC1. The van der Waals surface area contributed by atoms with Crippen LogP contribution in [0.25, 0.3) is 0 Å². The van der Waals surface area contributed by atoms with E-state index in [1.54, 1.807) is 0 Å². The first-order valence-corrected chi connectivity index (χ1v) is 7.67. The second-order valence-electron chi connectivity index (χ2n) is 5.78. The van der Waals surface area contributed by atoms with Crippen LogP contribution in [-0.2, 0) is 17.8 Å². The average Bonchev–Trinajstić information content (AvgIpc) is 2.87. The molecule has 1 aliphatic rings. The standard InChI is InChI=1S/C15H28N4O/c1-4-19-10-7-16-15(19)13-18-8-5-14(6-9-18)20-12-11-17(2)3/h7,10,14H,4-6,8-9,11-13H2,1-3H3. The maximum atomic E-state index is 5.93. The van der Waals surface area contributed by atoms with Crippen LogP contribution >= 0.6 is 0 Å². The lowest BCUT2D eigenvalue weighted by Gasteiger charge is -2.31. The first kappa shape index (κ1) is 15.5. The van der Waals surface area contributed by atoms with Crippen LogP contribution in [0.1, 0.15) is 25.6 Å². The van der Waals surface area contributed by atoms with Crippen molar-refractivity contribution in [1.82, 2.24) is 19.4 Å². The first-order valence-electron chi connectivity index (χ1n) is 7.67. The molecule has 0 spiro atoms. The molecule has 2 rings (SSSR count). The molecule has 114 valence electrons. The smallest absolute Gasteiger partial charge is 0.122 e. The third-order valence-electron chi connectivity index (χ3n) is 3.93. The van der Waals surface area contributed by atoms with Crippen LogP contribution in [-0.4, -0.2) is 65.8 Å². The second kappa shape index (κ2) is 7.76. The number of likely N-dealkylation sites (tertiary alicyclic amines) is 1. The molecule has 0 aromatic carbocycles. The molecule has 1 aromatic heterocycles. The molecular weight excluding hydrogens is 252 g/mol. The molecule has 0 amide bonds. The number of rotatable bonds is 7. The van der Waals surface area contributed by atoms with E-state index in [1.807, 2.05) is 6.20 Å². The lowest BCUT2D eigenvalue weighted by atomic mass is 10.1. The summed E-state index contributed by atoms with van der Waals surface area (Å²) >= 11 is 0. The van der Waals surface area contributed by atoms with Crippen LogP contribution in [0.2, 0.25) is 0 Å². The number of ether oxygens (including phenoxy) is 1. The van der Waals surface area contributed by atoms with E-state index in [0.29, 0.717) is 6.10 Å². The van der Waals surface area contributed by atoms with E-state index < -0.39 is 0 Å². The van der Waals surface area contributed by atoms with E-state index in [-0.39, 0.29) is 0 Å². The van der Waals surface area contributed by atoms with Gasteiger partial charge in [0.15, 0.2) is 0 Å². The number of aryl methyl sites for hydroxylation is 1. The Kier molecular flexibility index (Phi) is 6.01. The molecule has 0 saturated carbocycles. The molecule has 5 heteroatoms. The number of likely N-dealkylation sites (N-methyl/N-ethyl adjacent to an activating group) is 1. The molecule has 2 heterocycles. The van der Waals surface area contributed by atoms with Crippen LogP contribution in [0.15, 0.2) is 12.4 Å². The summed E-state index contributed by atoms with van der Waals surface area (Å²) in [5.74, 6) is 1.18. The Labute approximate surface area is 122 Å².